The van der Waals surface area contributed by atoms with E-state index >= 15 is 0 Å². The third kappa shape index (κ3) is 4.99. The van der Waals surface area contributed by atoms with Crippen molar-refractivity contribution in [3.8, 4) is 0 Å². The van der Waals surface area contributed by atoms with Crippen LogP contribution in [0.3, 0.4) is 0 Å². The molecule has 0 unspecified atom stereocenters. The molecule has 1 aliphatic heterocycles. The van der Waals surface area contributed by atoms with Crippen molar-refractivity contribution in [2.24, 2.45) is 11.3 Å². The van der Waals surface area contributed by atoms with E-state index in [9.17, 15) is 9.59 Å². The van der Waals surface area contributed by atoms with Gasteiger partial charge in [0.05, 0.1) is 5.41 Å². The lowest BCUT2D eigenvalue weighted by molar-refractivity contribution is -0.136. The molecule has 0 bridgehead atoms. The number of benzene rings is 1. The average Bonchev–Trinajstić information content (AvgIpc) is 2.74. The van der Waals surface area contributed by atoms with Gasteiger partial charge in [-0.25, -0.2) is 0 Å². The maximum atomic E-state index is 12.7. The van der Waals surface area contributed by atoms with Crippen molar-refractivity contribution < 1.29 is 9.59 Å². The van der Waals surface area contributed by atoms with E-state index in [0.29, 0.717) is 5.91 Å². The van der Waals surface area contributed by atoms with Crippen molar-refractivity contribution in [3.63, 3.8) is 0 Å². The van der Waals surface area contributed by atoms with E-state index in [2.05, 4.69) is 15.1 Å². The van der Waals surface area contributed by atoms with Crippen LogP contribution in [0.5, 0.6) is 0 Å². The Morgan fingerprint density at radius 2 is 1.64 bits per heavy atom. The molecule has 0 atom stereocenters. The number of rotatable bonds is 5. The van der Waals surface area contributed by atoms with Gasteiger partial charge < -0.3 is 15.1 Å². The van der Waals surface area contributed by atoms with Crippen LogP contribution in [0, 0.1) is 11.3 Å². The summed E-state index contributed by atoms with van der Waals surface area (Å²) in [5.74, 6) is 0.811. The van der Waals surface area contributed by atoms with Gasteiger partial charge >= 0.3 is 0 Å². The molecule has 0 aromatic heterocycles. The smallest absolute Gasteiger partial charge is 0.231 e. The number of hydrogen-bond donors (Lipinski definition) is 1. The number of anilines is 2. The minimum Gasteiger partial charge on any atom is -0.368 e. The van der Waals surface area contributed by atoms with Crippen molar-refractivity contribution in [3.05, 3.63) is 24.3 Å². The number of nitrogens with zero attached hydrogens (tertiary/aromatic N) is 2. The van der Waals surface area contributed by atoms with E-state index in [1.165, 1.54) is 19.3 Å². The van der Waals surface area contributed by atoms with Gasteiger partial charge in [-0.2, -0.15) is 0 Å². The van der Waals surface area contributed by atoms with Gasteiger partial charge in [0, 0.05) is 49.4 Å². The van der Waals surface area contributed by atoms with Crippen molar-refractivity contribution in [1.29, 1.82) is 0 Å². The Morgan fingerprint density at radius 3 is 2.21 bits per heavy atom. The first-order valence-corrected chi connectivity index (χ1v) is 11.0. The highest BCUT2D eigenvalue weighted by molar-refractivity contribution is 6.20. The summed E-state index contributed by atoms with van der Waals surface area (Å²) in [6.45, 7) is 6.94. The molecule has 1 saturated heterocycles. The lowest BCUT2D eigenvalue weighted by Gasteiger charge is -2.38. The lowest BCUT2D eigenvalue weighted by Crippen LogP contribution is -2.50. The highest BCUT2D eigenvalue weighted by atomic mass is 35.5. The molecule has 6 heteroatoms. The van der Waals surface area contributed by atoms with Crippen LogP contribution in [0.2, 0.25) is 0 Å². The molecule has 5 nitrogen and oxygen atoms in total. The summed E-state index contributed by atoms with van der Waals surface area (Å²) in [5, 5.41) is 2.93. The van der Waals surface area contributed by atoms with Gasteiger partial charge in [-0.3, -0.25) is 9.59 Å². The summed E-state index contributed by atoms with van der Waals surface area (Å²) < 4.78 is 0. The number of nitrogens with one attached hydrogen (secondary N) is 1. The van der Waals surface area contributed by atoms with Crippen LogP contribution in [-0.2, 0) is 9.59 Å². The van der Waals surface area contributed by atoms with Gasteiger partial charge in [0.15, 0.2) is 0 Å². The van der Waals surface area contributed by atoms with Gasteiger partial charge in [-0.05, 0) is 51.0 Å². The molecule has 0 spiro atoms. The summed E-state index contributed by atoms with van der Waals surface area (Å²) in [7, 11) is 0. The molecule has 3 rings (SSSR count). The molecular formula is C22H32ClN3O2. The molecule has 1 heterocycles. The highest BCUT2D eigenvalue weighted by Gasteiger charge is 2.29. The molecule has 1 N–H and O–H groups in total. The summed E-state index contributed by atoms with van der Waals surface area (Å²) in [6.07, 6.45) is 5.79. The van der Waals surface area contributed by atoms with Crippen LogP contribution in [-0.4, -0.2) is 48.8 Å². The van der Waals surface area contributed by atoms with Gasteiger partial charge in [-0.1, -0.05) is 19.3 Å². The molecule has 1 aromatic rings. The first-order chi connectivity index (χ1) is 13.4. The predicted molar refractivity (Wildman–Crippen MR) is 115 cm³/mol. The summed E-state index contributed by atoms with van der Waals surface area (Å²) in [6, 6.07) is 7.91. The summed E-state index contributed by atoms with van der Waals surface area (Å²) in [5.41, 5.74) is 1.30. The third-order valence-electron chi connectivity index (χ3n) is 5.98. The number of halogens is 1. The largest absolute Gasteiger partial charge is 0.368 e. The SMILES string of the molecule is CC(C)(CCl)C(=O)Nc1ccc(N2CCN(C(=O)C3CCCCC3)CC2)cc1. The van der Waals surface area contributed by atoms with E-state index in [0.717, 1.165) is 50.4 Å². The third-order valence-corrected chi connectivity index (χ3v) is 6.65. The zero-order valence-corrected chi connectivity index (χ0v) is 17.8. The summed E-state index contributed by atoms with van der Waals surface area (Å²) in [4.78, 5) is 29.3. The maximum absolute atomic E-state index is 12.7. The topological polar surface area (TPSA) is 52.7 Å². The summed E-state index contributed by atoms with van der Waals surface area (Å²) >= 11 is 5.87. The number of hydrogen-bond acceptors (Lipinski definition) is 3. The number of carbonyl (C=O) groups is 2. The van der Waals surface area contributed by atoms with E-state index in [1.807, 2.05) is 38.1 Å². The van der Waals surface area contributed by atoms with Crippen LogP contribution < -0.4 is 10.2 Å². The van der Waals surface area contributed by atoms with Crippen molar-refractivity contribution in [1.82, 2.24) is 4.90 Å². The molecule has 0 radical (unpaired) electrons. The zero-order chi connectivity index (χ0) is 20.1. The molecular weight excluding hydrogens is 374 g/mol. The second kappa shape index (κ2) is 9.17. The first kappa shape index (κ1) is 21.0. The quantitative estimate of drug-likeness (QED) is 0.749. The van der Waals surface area contributed by atoms with Crippen LogP contribution in [0.15, 0.2) is 24.3 Å². The standard InChI is InChI=1S/C22H32ClN3O2/c1-22(2,16-23)21(28)24-18-8-10-19(11-9-18)25-12-14-26(15-13-25)20(27)17-6-4-3-5-7-17/h8-11,17H,3-7,12-16H2,1-2H3,(H,24,28). The second-order valence-corrected chi connectivity index (χ2v) is 8.93. The van der Waals surface area contributed by atoms with Crippen LogP contribution in [0.25, 0.3) is 0 Å². The normalized spacial score (nSPS) is 18.8. The van der Waals surface area contributed by atoms with Gasteiger partial charge in [-0.15, -0.1) is 11.6 Å². The number of carbonyl (C=O) groups excluding carboxylic acids is 2. The van der Waals surface area contributed by atoms with E-state index in [1.54, 1.807) is 0 Å². The molecule has 154 valence electrons. The lowest BCUT2D eigenvalue weighted by atomic mass is 9.88. The first-order valence-electron chi connectivity index (χ1n) is 10.4. The molecule has 1 aliphatic carbocycles. The van der Waals surface area contributed by atoms with Gasteiger partial charge in [0.2, 0.25) is 11.8 Å². The second-order valence-electron chi connectivity index (χ2n) is 8.67. The van der Waals surface area contributed by atoms with Gasteiger partial charge in [0.25, 0.3) is 0 Å². The molecule has 1 saturated carbocycles. The highest BCUT2D eigenvalue weighted by Crippen LogP contribution is 2.27. The Balaban J connectivity index is 1.52. The fraction of sp³-hybridized carbons (Fsp3) is 0.636. The van der Waals surface area contributed by atoms with Crippen molar-refractivity contribution >= 4 is 34.8 Å². The van der Waals surface area contributed by atoms with Crippen molar-refractivity contribution in [2.75, 3.05) is 42.3 Å². The van der Waals surface area contributed by atoms with E-state index < -0.39 is 5.41 Å². The van der Waals surface area contributed by atoms with E-state index in [-0.39, 0.29) is 17.7 Å². The molecule has 2 amide bonds. The number of alkyl halides is 1. The van der Waals surface area contributed by atoms with Crippen LogP contribution in [0.1, 0.15) is 46.0 Å². The Morgan fingerprint density at radius 1 is 1.04 bits per heavy atom. The van der Waals surface area contributed by atoms with Crippen molar-refractivity contribution in [2.45, 2.75) is 46.0 Å². The van der Waals surface area contributed by atoms with Crippen LogP contribution in [0.4, 0.5) is 11.4 Å². The number of amides is 2. The molecule has 2 aliphatic rings. The zero-order valence-electron chi connectivity index (χ0n) is 17.0. The fourth-order valence-electron chi connectivity index (χ4n) is 3.91. The maximum Gasteiger partial charge on any atom is 0.231 e. The minimum absolute atomic E-state index is 0.0786. The molecule has 2 fully saturated rings. The van der Waals surface area contributed by atoms with Crippen LogP contribution >= 0.6 is 11.6 Å². The molecule has 28 heavy (non-hydrogen) atoms. The Labute approximate surface area is 173 Å². The number of piperazine rings is 1. The average molecular weight is 406 g/mol. The predicted octanol–water partition coefficient (Wildman–Crippen LogP) is 4.12. The molecule has 1 aromatic carbocycles. The van der Waals surface area contributed by atoms with E-state index in [4.69, 9.17) is 11.6 Å². The Kier molecular flexibility index (Phi) is 6.86. The van der Waals surface area contributed by atoms with Gasteiger partial charge in [0.1, 0.15) is 0 Å². The fourth-order valence-corrected chi connectivity index (χ4v) is 4.03. The Bertz CT molecular complexity index is 676. The Hall–Kier alpha value is -1.75. The monoisotopic (exact) mass is 405 g/mol. The minimum atomic E-state index is -0.596.